The van der Waals surface area contributed by atoms with E-state index < -0.39 is 23.9 Å². The Kier molecular flexibility index (Phi) is 8.79. The van der Waals surface area contributed by atoms with E-state index in [0.29, 0.717) is 5.56 Å². The number of para-hydroxylation sites is 1. The van der Waals surface area contributed by atoms with Crippen molar-refractivity contribution in [3.8, 4) is 24.3 Å². The number of anilines is 1. The van der Waals surface area contributed by atoms with Crippen LogP contribution in [0.2, 0.25) is 0 Å². The number of alkyl halides is 6. The number of hydrazine groups is 1. The predicted octanol–water partition coefficient (Wildman–Crippen LogP) is 5.11. The first-order valence-corrected chi connectivity index (χ1v) is 8.31. The third-order valence-corrected chi connectivity index (χ3v) is 3.71. The number of pyridine rings is 1. The Morgan fingerprint density at radius 3 is 2.10 bits per heavy atom. The van der Waals surface area contributed by atoms with Crippen molar-refractivity contribution < 1.29 is 35.8 Å². The molecule has 0 bridgehead atoms. The van der Waals surface area contributed by atoms with E-state index in [2.05, 4.69) is 27.3 Å². The van der Waals surface area contributed by atoms with Crippen molar-refractivity contribution in [3.05, 3.63) is 47.7 Å². The van der Waals surface area contributed by atoms with E-state index in [1.165, 1.54) is 12.3 Å². The van der Waals surface area contributed by atoms with Gasteiger partial charge in [0.25, 0.3) is 0 Å². The van der Waals surface area contributed by atoms with Gasteiger partial charge in [0.2, 0.25) is 0 Å². The second-order valence-electron chi connectivity index (χ2n) is 5.74. The molecule has 164 valence electrons. The van der Waals surface area contributed by atoms with Crippen LogP contribution in [0.4, 0.5) is 32.2 Å². The van der Waals surface area contributed by atoms with Crippen LogP contribution in [0, 0.1) is 12.8 Å². The number of aromatic nitrogens is 1. The highest BCUT2D eigenvalue weighted by Crippen LogP contribution is 2.45. The van der Waals surface area contributed by atoms with Gasteiger partial charge in [-0.1, -0.05) is 18.2 Å². The summed E-state index contributed by atoms with van der Waals surface area (Å²) in [5.41, 5.74) is 1.53. The summed E-state index contributed by atoms with van der Waals surface area (Å²) in [4.78, 5) is 3.44. The average molecular weight is 435 g/mol. The number of hydrogen-bond donors (Lipinski definition) is 2. The summed E-state index contributed by atoms with van der Waals surface area (Å²) >= 11 is 0. The van der Waals surface area contributed by atoms with Crippen molar-refractivity contribution in [1.29, 1.82) is 0 Å². The molecule has 30 heavy (non-hydrogen) atoms. The number of terminal acetylenes is 1. The summed E-state index contributed by atoms with van der Waals surface area (Å²) in [6, 6.07) is 7.45. The molecule has 1 heterocycles. The van der Waals surface area contributed by atoms with Crippen LogP contribution in [0.3, 0.4) is 0 Å². The minimum absolute atomic E-state index is 0.0532. The number of benzene rings is 1. The number of nitrogens with zero attached hydrogens (tertiary/aromatic N) is 1. The maximum Gasteiger partial charge on any atom is 0.573 e. The quantitative estimate of drug-likeness (QED) is 0.303. The van der Waals surface area contributed by atoms with Gasteiger partial charge in [0.15, 0.2) is 5.82 Å². The van der Waals surface area contributed by atoms with E-state index in [4.69, 9.17) is 5.84 Å². The van der Waals surface area contributed by atoms with Gasteiger partial charge in [-0.15, -0.1) is 26.0 Å². The van der Waals surface area contributed by atoms with Crippen LogP contribution >= 0.6 is 0 Å². The van der Waals surface area contributed by atoms with Gasteiger partial charge in [0.1, 0.15) is 17.1 Å². The van der Waals surface area contributed by atoms with Crippen molar-refractivity contribution in [1.82, 2.24) is 4.98 Å². The Balaban J connectivity index is 0.000000277. The van der Waals surface area contributed by atoms with Gasteiger partial charge in [-0.25, -0.2) is 10.8 Å². The normalized spacial score (nSPS) is 13.1. The Morgan fingerprint density at radius 1 is 1.03 bits per heavy atom. The summed E-state index contributed by atoms with van der Waals surface area (Å²) < 4.78 is 81.8. The van der Waals surface area contributed by atoms with Gasteiger partial charge < -0.3 is 14.9 Å². The molecule has 1 aromatic heterocycles. The highest BCUT2D eigenvalue weighted by atomic mass is 19.4. The van der Waals surface area contributed by atoms with Crippen molar-refractivity contribution in [2.24, 2.45) is 5.84 Å². The van der Waals surface area contributed by atoms with Crippen LogP contribution in [-0.2, 0) is 6.18 Å². The zero-order valence-corrected chi connectivity index (χ0v) is 15.7. The molecule has 1 aromatic carbocycles. The Morgan fingerprint density at radius 2 is 1.63 bits per heavy atom. The molecule has 1 saturated carbocycles. The van der Waals surface area contributed by atoms with Gasteiger partial charge in [-0.3, -0.25) is 0 Å². The molecule has 0 atom stereocenters. The fourth-order valence-electron chi connectivity index (χ4n) is 2.43. The Labute approximate surface area is 169 Å². The molecule has 3 N–H and O–H groups in total. The van der Waals surface area contributed by atoms with E-state index in [-0.39, 0.29) is 17.4 Å². The number of halogens is 6. The zero-order valence-electron chi connectivity index (χ0n) is 15.7. The summed E-state index contributed by atoms with van der Waals surface area (Å²) in [5.74, 6) is 4.33. The zero-order chi connectivity index (χ0) is 22.9. The van der Waals surface area contributed by atoms with E-state index in [0.717, 1.165) is 26.0 Å². The molecule has 5 nitrogen and oxygen atoms in total. The molecule has 0 saturated heterocycles. The number of hydrogen-bond acceptors (Lipinski definition) is 5. The van der Waals surface area contributed by atoms with Crippen LogP contribution in [0.1, 0.15) is 29.9 Å². The number of nitrogens with one attached hydrogen (secondary N) is 1. The van der Waals surface area contributed by atoms with Gasteiger partial charge in [-0.05, 0) is 36.5 Å². The second kappa shape index (κ2) is 10.6. The maximum atomic E-state index is 12.5. The van der Waals surface area contributed by atoms with Crippen molar-refractivity contribution >= 4 is 5.82 Å². The number of methoxy groups -OCH3 is 1. The van der Waals surface area contributed by atoms with Gasteiger partial charge in [0, 0.05) is 6.20 Å². The molecule has 1 aliphatic carbocycles. The summed E-state index contributed by atoms with van der Waals surface area (Å²) in [6.07, 6.45) is 1.94. The molecule has 0 amide bonds. The highest BCUT2D eigenvalue weighted by molar-refractivity contribution is 5.52. The largest absolute Gasteiger partial charge is 0.573 e. The van der Waals surface area contributed by atoms with Crippen LogP contribution in [-0.4, -0.2) is 18.5 Å². The van der Waals surface area contributed by atoms with E-state index in [1.807, 2.05) is 5.43 Å². The van der Waals surface area contributed by atoms with Gasteiger partial charge >= 0.3 is 12.5 Å². The SMILES string of the molecule is C#C.COc1ccnc(NN)c1C(F)(F)F.FC(F)(F)Oc1ccccc1C1CC1. The van der Waals surface area contributed by atoms with Crippen molar-refractivity contribution in [2.75, 3.05) is 12.5 Å². The Bertz CT molecular complexity index is 811. The molecule has 1 fully saturated rings. The van der Waals surface area contributed by atoms with E-state index in [1.54, 1.807) is 18.2 Å². The lowest BCUT2D eigenvalue weighted by atomic mass is 10.1. The van der Waals surface area contributed by atoms with Crippen molar-refractivity contribution in [3.63, 3.8) is 0 Å². The Hall–Kier alpha value is -3.13. The fraction of sp³-hybridized carbons (Fsp3) is 0.316. The minimum atomic E-state index is -4.59. The summed E-state index contributed by atoms with van der Waals surface area (Å²) in [7, 11) is 1.14. The monoisotopic (exact) mass is 435 g/mol. The number of nitrogen functional groups attached to an aromatic ring is 1. The lowest BCUT2D eigenvalue weighted by Crippen LogP contribution is -2.17. The minimum Gasteiger partial charge on any atom is -0.496 e. The number of nitrogens with two attached hydrogens (primary N) is 1. The van der Waals surface area contributed by atoms with Crippen LogP contribution in [0.15, 0.2) is 36.5 Å². The second-order valence-corrected chi connectivity index (χ2v) is 5.74. The third-order valence-electron chi connectivity index (χ3n) is 3.71. The molecule has 2 aromatic rings. The van der Waals surface area contributed by atoms with Crippen LogP contribution in [0.25, 0.3) is 0 Å². The van der Waals surface area contributed by atoms with Gasteiger partial charge in [-0.2, -0.15) is 13.2 Å². The molecular weight excluding hydrogens is 416 g/mol. The molecule has 0 unspecified atom stereocenters. The first-order chi connectivity index (χ1) is 14.1. The molecule has 0 radical (unpaired) electrons. The van der Waals surface area contributed by atoms with E-state index in [9.17, 15) is 26.3 Å². The molecule has 11 heteroatoms. The number of ether oxygens (including phenoxy) is 2. The highest BCUT2D eigenvalue weighted by Gasteiger charge is 2.38. The summed E-state index contributed by atoms with van der Waals surface area (Å²) in [5, 5.41) is 0. The standard InChI is InChI=1S/C10H9F3O.C7H8F3N3O.C2H2/c11-10(12,13)14-9-4-2-1-3-8(9)7-5-6-7;1-14-4-2-3-12-6(13-11)5(4)7(8,9)10;1-2/h1-4,7H,5-6H2;2-3H,11H2,1H3,(H,12,13);1-2H. The topological polar surface area (TPSA) is 69.4 Å². The fourth-order valence-corrected chi connectivity index (χ4v) is 2.43. The van der Waals surface area contributed by atoms with Gasteiger partial charge in [0.05, 0.1) is 7.11 Å². The smallest absolute Gasteiger partial charge is 0.496 e. The van der Waals surface area contributed by atoms with Crippen LogP contribution < -0.4 is 20.7 Å². The summed E-state index contributed by atoms with van der Waals surface area (Å²) in [6.45, 7) is 0. The lowest BCUT2D eigenvalue weighted by Gasteiger charge is -2.14. The lowest BCUT2D eigenvalue weighted by molar-refractivity contribution is -0.274. The predicted molar refractivity (Wildman–Crippen MR) is 98.6 cm³/mol. The van der Waals surface area contributed by atoms with Crippen molar-refractivity contribution in [2.45, 2.75) is 31.3 Å². The molecule has 1 aliphatic rings. The number of rotatable bonds is 4. The van der Waals surface area contributed by atoms with E-state index >= 15 is 0 Å². The molecule has 0 aliphatic heterocycles. The van der Waals surface area contributed by atoms with Crippen LogP contribution in [0.5, 0.6) is 11.5 Å². The third kappa shape index (κ3) is 7.36. The maximum absolute atomic E-state index is 12.5. The molecular formula is C19H19F6N3O2. The molecule has 3 rings (SSSR count). The first kappa shape index (κ1) is 24.9. The first-order valence-electron chi connectivity index (χ1n) is 8.31. The molecule has 0 spiro atoms. The average Bonchev–Trinajstić information content (AvgIpc) is 3.53.